The molecule has 0 unspecified atom stereocenters. The molecule has 0 aliphatic carbocycles. The number of piperazine rings is 1. The van der Waals surface area contributed by atoms with E-state index in [4.69, 9.17) is 29.0 Å². The Hall–Kier alpha value is -4.07. The van der Waals surface area contributed by atoms with E-state index in [1.165, 1.54) is 5.56 Å². The molecular weight excluding hydrogens is 648 g/mol. The molecule has 0 bridgehead atoms. The van der Waals surface area contributed by atoms with Crippen molar-refractivity contribution in [1.29, 1.82) is 0 Å². The number of hydrogen-bond acceptors (Lipinski definition) is 10. The largest absolute Gasteiger partial charge is 0.444 e. The number of nitrogens with one attached hydrogen (secondary N) is 1. The van der Waals surface area contributed by atoms with E-state index in [9.17, 15) is 9.90 Å². The summed E-state index contributed by atoms with van der Waals surface area (Å²) >= 11 is 0. The first-order valence-electron chi connectivity index (χ1n) is 18.0. The quantitative estimate of drug-likeness (QED) is 0.137. The second-order valence-electron chi connectivity index (χ2n) is 13.7. The Labute approximate surface area is 301 Å². The van der Waals surface area contributed by atoms with Gasteiger partial charge in [0.2, 0.25) is 0 Å². The molecule has 2 aromatic carbocycles. The fourth-order valence-corrected chi connectivity index (χ4v) is 6.07. The highest BCUT2D eigenvalue weighted by molar-refractivity contribution is 5.83. The highest BCUT2D eigenvalue weighted by Gasteiger charge is 2.23. The third-order valence-corrected chi connectivity index (χ3v) is 8.58. The van der Waals surface area contributed by atoms with Crippen LogP contribution >= 0.6 is 0 Å². The molecule has 1 aliphatic rings. The molecule has 4 aromatic rings. The van der Waals surface area contributed by atoms with Crippen LogP contribution in [0.3, 0.4) is 0 Å². The van der Waals surface area contributed by atoms with E-state index in [1.807, 2.05) is 31.4 Å². The maximum Gasteiger partial charge on any atom is 0.407 e. The van der Waals surface area contributed by atoms with Crippen molar-refractivity contribution in [1.82, 2.24) is 24.8 Å². The number of anilines is 1. The third kappa shape index (κ3) is 11.5. The van der Waals surface area contributed by atoms with Crippen LogP contribution in [-0.4, -0.2) is 122 Å². The Morgan fingerprint density at radius 1 is 0.863 bits per heavy atom. The van der Waals surface area contributed by atoms with Crippen LogP contribution < -0.4 is 10.2 Å². The molecule has 0 spiro atoms. The molecular formula is C39H54N6O6. The number of hydrogen-bond donors (Lipinski definition) is 2. The van der Waals surface area contributed by atoms with Gasteiger partial charge in [-0.3, -0.25) is 4.90 Å². The lowest BCUT2D eigenvalue weighted by molar-refractivity contribution is 0.0136. The van der Waals surface area contributed by atoms with Gasteiger partial charge in [-0.25, -0.2) is 9.78 Å². The Kier molecular flexibility index (Phi) is 14.2. The van der Waals surface area contributed by atoms with Gasteiger partial charge in [-0.2, -0.15) is 9.61 Å². The average molecular weight is 703 g/mol. The van der Waals surface area contributed by atoms with Gasteiger partial charge in [-0.15, -0.1) is 0 Å². The van der Waals surface area contributed by atoms with Gasteiger partial charge in [0.15, 0.2) is 5.65 Å². The monoisotopic (exact) mass is 702 g/mol. The molecule has 2 N–H and O–H groups in total. The van der Waals surface area contributed by atoms with Crippen molar-refractivity contribution in [3.63, 3.8) is 0 Å². The number of carbonyl (C=O) groups is 1. The molecule has 1 aliphatic heterocycles. The van der Waals surface area contributed by atoms with Crippen LogP contribution in [0.4, 0.5) is 10.6 Å². The number of aliphatic hydroxyl groups excluding tert-OH is 1. The smallest absolute Gasteiger partial charge is 0.407 e. The van der Waals surface area contributed by atoms with E-state index < -0.39 is 11.7 Å². The number of alkyl carbamates (subject to hydrolysis) is 1. The summed E-state index contributed by atoms with van der Waals surface area (Å²) in [6.45, 7) is 15.3. The van der Waals surface area contributed by atoms with Gasteiger partial charge in [-0.1, -0.05) is 54.6 Å². The van der Waals surface area contributed by atoms with Gasteiger partial charge in [0.1, 0.15) is 11.4 Å². The maximum atomic E-state index is 11.6. The predicted octanol–water partition coefficient (Wildman–Crippen LogP) is 4.99. The lowest BCUT2D eigenvalue weighted by Crippen LogP contribution is -2.47. The Bertz CT molecular complexity index is 1650. The fourth-order valence-electron chi connectivity index (χ4n) is 6.07. The van der Waals surface area contributed by atoms with E-state index in [0.29, 0.717) is 52.7 Å². The number of aryl methyl sites for hydroxylation is 2. The number of amides is 1. The van der Waals surface area contributed by atoms with Gasteiger partial charge in [0.25, 0.3) is 0 Å². The molecule has 3 heterocycles. The first-order valence-corrected chi connectivity index (χ1v) is 18.0. The summed E-state index contributed by atoms with van der Waals surface area (Å²) in [7, 11) is 0. The summed E-state index contributed by atoms with van der Waals surface area (Å²) in [5.74, 6) is 1.04. The van der Waals surface area contributed by atoms with Crippen molar-refractivity contribution in [3.05, 3.63) is 71.9 Å². The highest BCUT2D eigenvalue weighted by atomic mass is 16.6. The Balaban J connectivity index is 1.09. The van der Waals surface area contributed by atoms with Gasteiger partial charge in [-0.05, 0) is 51.7 Å². The van der Waals surface area contributed by atoms with E-state index in [1.54, 1.807) is 0 Å². The minimum absolute atomic E-state index is 0.178. The minimum atomic E-state index is -0.513. The zero-order chi connectivity index (χ0) is 36.1. The SMILES string of the molecule is Cc1nn2c(N3CCN(CCO)CC3)cc(-c3ccc(CCCOCCOCCOCCNC(=O)OC(C)(C)C)cc3)nc2c1-c1ccccc1. The third-order valence-electron chi connectivity index (χ3n) is 8.58. The van der Waals surface area contributed by atoms with E-state index >= 15 is 0 Å². The number of aliphatic hydroxyl groups is 1. The predicted molar refractivity (Wildman–Crippen MR) is 199 cm³/mol. The summed E-state index contributed by atoms with van der Waals surface area (Å²) < 4.78 is 24.0. The van der Waals surface area contributed by atoms with E-state index in [2.05, 4.69) is 76.6 Å². The lowest BCUT2D eigenvalue weighted by atomic mass is 10.0. The molecule has 0 radical (unpaired) electrons. The second-order valence-corrected chi connectivity index (χ2v) is 13.7. The topological polar surface area (TPSA) is 123 Å². The van der Waals surface area contributed by atoms with Crippen molar-refractivity contribution >= 4 is 17.6 Å². The normalized spacial score (nSPS) is 13.9. The van der Waals surface area contributed by atoms with Crippen molar-refractivity contribution in [2.75, 3.05) is 90.4 Å². The van der Waals surface area contributed by atoms with Gasteiger partial charge in [0, 0.05) is 63.1 Å². The van der Waals surface area contributed by atoms with Crippen LogP contribution in [-0.2, 0) is 25.4 Å². The summed E-state index contributed by atoms with van der Waals surface area (Å²) in [5, 5.41) is 17.1. The lowest BCUT2D eigenvalue weighted by Gasteiger charge is -2.35. The molecule has 12 nitrogen and oxygen atoms in total. The van der Waals surface area contributed by atoms with Gasteiger partial charge in [0.05, 0.1) is 51.0 Å². The van der Waals surface area contributed by atoms with Crippen molar-refractivity contribution in [2.45, 2.75) is 46.1 Å². The molecule has 2 aromatic heterocycles. The number of fused-ring (bicyclic) bond motifs is 1. The summed E-state index contributed by atoms with van der Waals surface area (Å²) in [4.78, 5) is 21.5. The number of nitrogens with zero attached hydrogens (tertiary/aromatic N) is 5. The number of aromatic nitrogens is 3. The molecule has 1 saturated heterocycles. The Morgan fingerprint density at radius 2 is 1.53 bits per heavy atom. The Morgan fingerprint density at radius 3 is 2.20 bits per heavy atom. The van der Waals surface area contributed by atoms with Crippen molar-refractivity contribution in [2.24, 2.45) is 0 Å². The summed E-state index contributed by atoms with van der Waals surface area (Å²) in [5.41, 5.74) is 6.69. The van der Waals surface area contributed by atoms with Crippen LogP contribution in [0.15, 0.2) is 60.7 Å². The second kappa shape index (κ2) is 19.0. The fraction of sp³-hybridized carbons (Fsp3) is 0.513. The van der Waals surface area contributed by atoms with Crippen LogP contribution in [0.1, 0.15) is 38.4 Å². The van der Waals surface area contributed by atoms with Crippen LogP contribution in [0.25, 0.3) is 28.0 Å². The number of benzene rings is 2. The molecule has 51 heavy (non-hydrogen) atoms. The number of carbonyl (C=O) groups excluding carboxylic acids is 1. The summed E-state index contributed by atoms with van der Waals surface area (Å²) in [6.07, 6.45) is 1.39. The van der Waals surface area contributed by atoms with E-state index in [-0.39, 0.29) is 6.61 Å². The van der Waals surface area contributed by atoms with Crippen LogP contribution in [0, 0.1) is 6.92 Å². The molecule has 5 rings (SSSR count). The van der Waals surface area contributed by atoms with Crippen LogP contribution in [0.5, 0.6) is 0 Å². The summed E-state index contributed by atoms with van der Waals surface area (Å²) in [6, 6.07) is 21.2. The first kappa shape index (κ1) is 38.2. The highest BCUT2D eigenvalue weighted by Crippen LogP contribution is 2.33. The molecule has 12 heteroatoms. The van der Waals surface area contributed by atoms with Gasteiger partial charge >= 0.3 is 6.09 Å². The molecule has 276 valence electrons. The minimum Gasteiger partial charge on any atom is -0.444 e. The number of rotatable bonds is 18. The zero-order valence-electron chi connectivity index (χ0n) is 30.6. The van der Waals surface area contributed by atoms with Gasteiger partial charge < -0.3 is 34.3 Å². The molecule has 1 amide bonds. The average Bonchev–Trinajstić information content (AvgIpc) is 3.45. The first-order chi connectivity index (χ1) is 24.7. The molecule has 1 fully saturated rings. The number of ether oxygens (including phenoxy) is 4. The van der Waals surface area contributed by atoms with Crippen LogP contribution in [0.2, 0.25) is 0 Å². The zero-order valence-corrected chi connectivity index (χ0v) is 30.6. The van der Waals surface area contributed by atoms with Crippen molar-refractivity contribution in [3.8, 4) is 22.4 Å². The van der Waals surface area contributed by atoms with Crippen molar-refractivity contribution < 1.29 is 28.8 Å². The standard InChI is InChI=1S/C39H54N6O6/c1-30-36(33-10-6-5-7-11-33)37-41-34(29-35(45(37)42-30)44-19-17-43(18-20-44)21-22-46)32-14-12-31(13-15-32)9-8-23-48-25-27-50-28-26-49-24-16-40-38(47)51-39(2,3)4/h5-7,10-15,29,46H,8-9,16-28H2,1-4H3,(H,40,47). The molecule has 0 saturated carbocycles. The molecule has 0 atom stereocenters. The maximum absolute atomic E-state index is 11.6. The van der Waals surface area contributed by atoms with E-state index in [0.717, 1.165) is 78.6 Å². The number of β-amino-alcohol motifs (C(OH)–C–C–N with tert-alkyl or cyclic N) is 1.